The van der Waals surface area contributed by atoms with Crippen LogP contribution in [0, 0.1) is 18.7 Å². The minimum absolute atomic E-state index is 0.0765. The van der Waals surface area contributed by atoms with Crippen molar-refractivity contribution in [3.05, 3.63) is 33.2 Å². The van der Waals surface area contributed by atoms with Gasteiger partial charge in [0.2, 0.25) is 0 Å². The maximum atomic E-state index is 15.1. The van der Waals surface area contributed by atoms with Gasteiger partial charge in [0, 0.05) is 31.4 Å². The molecule has 1 aromatic carbocycles. The summed E-state index contributed by atoms with van der Waals surface area (Å²) in [5.74, 6) is 0.283. The van der Waals surface area contributed by atoms with Crippen molar-refractivity contribution in [1.29, 1.82) is 0 Å². The Hall–Kier alpha value is -2.12. The van der Waals surface area contributed by atoms with Crippen LogP contribution in [0.25, 0.3) is 22.0 Å². The molecular weight excluding hydrogens is 371 g/mol. The Morgan fingerprint density at radius 2 is 2.19 bits per heavy atom. The predicted molar refractivity (Wildman–Crippen MR) is 103 cm³/mol. The molecule has 2 aromatic heterocycles. The second kappa shape index (κ2) is 5.94. The molecule has 6 nitrogen and oxygen atoms in total. The minimum Gasteiger partial charge on any atom is -0.440 e. The first kappa shape index (κ1) is 17.0. The molecule has 0 radical (unpaired) electrons. The Morgan fingerprint density at radius 1 is 1.41 bits per heavy atom. The van der Waals surface area contributed by atoms with Gasteiger partial charge < -0.3 is 19.6 Å². The maximum absolute atomic E-state index is 15.1. The monoisotopic (exact) mass is 390 g/mol. The van der Waals surface area contributed by atoms with Gasteiger partial charge in [-0.2, -0.15) is 0 Å². The maximum Gasteiger partial charge on any atom is 0.281 e. The number of oxazole rings is 1. The number of hydrogen-bond acceptors (Lipinski definition) is 5. The first-order valence-corrected chi connectivity index (χ1v) is 9.65. The molecule has 0 spiro atoms. The predicted octanol–water partition coefficient (Wildman–Crippen LogP) is 3.36. The summed E-state index contributed by atoms with van der Waals surface area (Å²) in [6.07, 6.45) is 2.71. The van der Waals surface area contributed by atoms with Gasteiger partial charge in [-0.25, -0.2) is 9.37 Å². The van der Waals surface area contributed by atoms with Gasteiger partial charge in [0.25, 0.3) is 5.56 Å². The van der Waals surface area contributed by atoms with E-state index in [0.29, 0.717) is 53.6 Å². The topological polar surface area (TPSA) is 77.3 Å². The average molecular weight is 391 g/mol. The van der Waals surface area contributed by atoms with Crippen LogP contribution in [0.2, 0.25) is 5.02 Å². The zero-order valence-corrected chi connectivity index (χ0v) is 15.7. The summed E-state index contributed by atoms with van der Waals surface area (Å²) in [5, 5.41) is 0.764. The average Bonchev–Trinajstić information content (AvgIpc) is 3.21. The highest BCUT2D eigenvalue weighted by atomic mass is 35.5. The molecule has 2 N–H and O–H groups in total. The lowest BCUT2D eigenvalue weighted by atomic mass is 10.1. The molecule has 0 amide bonds. The molecular formula is C19H20ClFN4O2. The van der Waals surface area contributed by atoms with E-state index in [0.717, 1.165) is 19.3 Å². The second-order valence-electron chi connectivity index (χ2n) is 7.57. The molecule has 5 rings (SSSR count). The lowest BCUT2D eigenvalue weighted by Gasteiger charge is -2.23. The van der Waals surface area contributed by atoms with Crippen LogP contribution in [0.3, 0.4) is 0 Å². The van der Waals surface area contributed by atoms with E-state index in [1.807, 2.05) is 4.90 Å². The summed E-state index contributed by atoms with van der Waals surface area (Å²) >= 11 is 6.74. The standard InChI is InChI=1S/C19H20ClFN4O2/c1-9-23-15-18(27-9)12-6-13(21)17(24-5-4-10(7-22)8-24)14(20)16(12)25(19(15)26)11-2-3-11/h6,10-11H,2-5,7-8,22H2,1H3. The smallest absolute Gasteiger partial charge is 0.281 e. The third-order valence-corrected chi connectivity index (χ3v) is 6.01. The number of anilines is 1. The van der Waals surface area contributed by atoms with Gasteiger partial charge in [-0.1, -0.05) is 11.6 Å². The zero-order valence-electron chi connectivity index (χ0n) is 15.0. The normalized spacial score (nSPS) is 20.3. The van der Waals surface area contributed by atoms with Crippen molar-refractivity contribution in [3.63, 3.8) is 0 Å². The Kier molecular flexibility index (Phi) is 3.74. The number of aryl methyl sites for hydroxylation is 1. The molecule has 1 saturated heterocycles. The lowest BCUT2D eigenvalue weighted by Crippen LogP contribution is -2.25. The van der Waals surface area contributed by atoms with Gasteiger partial charge in [0.15, 0.2) is 17.0 Å². The van der Waals surface area contributed by atoms with Gasteiger partial charge in [-0.3, -0.25) is 4.79 Å². The van der Waals surface area contributed by atoms with Crippen LogP contribution in [0.5, 0.6) is 0 Å². The third-order valence-electron chi connectivity index (χ3n) is 5.66. The third kappa shape index (κ3) is 2.48. The molecule has 3 heterocycles. The van der Waals surface area contributed by atoms with Crippen LogP contribution in [0.1, 0.15) is 31.2 Å². The molecule has 142 valence electrons. The van der Waals surface area contributed by atoms with Crippen molar-refractivity contribution in [3.8, 4) is 0 Å². The number of nitrogens with zero attached hydrogens (tertiary/aromatic N) is 3. The lowest BCUT2D eigenvalue weighted by molar-refractivity contribution is 0.563. The van der Waals surface area contributed by atoms with Gasteiger partial charge in [0.1, 0.15) is 5.82 Å². The Labute approximate surface area is 159 Å². The van der Waals surface area contributed by atoms with E-state index >= 15 is 4.39 Å². The first-order valence-electron chi connectivity index (χ1n) is 9.28. The molecule has 1 saturated carbocycles. The molecule has 27 heavy (non-hydrogen) atoms. The van der Waals surface area contributed by atoms with E-state index in [4.69, 9.17) is 21.8 Å². The Morgan fingerprint density at radius 3 is 2.85 bits per heavy atom. The van der Waals surface area contributed by atoms with Crippen molar-refractivity contribution in [2.75, 3.05) is 24.5 Å². The largest absolute Gasteiger partial charge is 0.440 e. The quantitative estimate of drug-likeness (QED) is 0.742. The zero-order chi connectivity index (χ0) is 18.9. The Bertz CT molecular complexity index is 1130. The van der Waals surface area contributed by atoms with Crippen LogP contribution in [-0.2, 0) is 0 Å². The highest BCUT2D eigenvalue weighted by Crippen LogP contribution is 2.44. The van der Waals surface area contributed by atoms with E-state index in [-0.39, 0.29) is 22.1 Å². The van der Waals surface area contributed by atoms with E-state index in [1.54, 1.807) is 11.5 Å². The van der Waals surface area contributed by atoms with E-state index in [9.17, 15) is 4.79 Å². The van der Waals surface area contributed by atoms with E-state index < -0.39 is 5.82 Å². The van der Waals surface area contributed by atoms with Crippen LogP contribution >= 0.6 is 11.6 Å². The van der Waals surface area contributed by atoms with Crippen molar-refractivity contribution < 1.29 is 8.81 Å². The van der Waals surface area contributed by atoms with Crippen molar-refractivity contribution in [2.45, 2.75) is 32.2 Å². The Balaban J connectivity index is 1.84. The number of pyridine rings is 1. The van der Waals surface area contributed by atoms with Crippen LogP contribution in [-0.4, -0.2) is 29.2 Å². The number of rotatable bonds is 3. The minimum atomic E-state index is -0.415. The van der Waals surface area contributed by atoms with Gasteiger partial charge in [0.05, 0.1) is 16.2 Å². The van der Waals surface area contributed by atoms with E-state index in [2.05, 4.69) is 4.98 Å². The SMILES string of the molecule is Cc1nc2c(=O)n(C3CC3)c3c(Cl)c(N4CCC(CN)C4)c(F)cc3c2o1. The number of fused-ring (bicyclic) bond motifs is 3. The highest BCUT2D eigenvalue weighted by molar-refractivity contribution is 6.38. The van der Waals surface area contributed by atoms with Crippen molar-refractivity contribution in [1.82, 2.24) is 9.55 Å². The fourth-order valence-corrected chi connectivity index (χ4v) is 4.58. The van der Waals surface area contributed by atoms with Gasteiger partial charge in [-0.05, 0) is 37.8 Å². The van der Waals surface area contributed by atoms with Gasteiger partial charge >= 0.3 is 0 Å². The molecule has 1 aliphatic heterocycles. The molecule has 2 fully saturated rings. The van der Waals surface area contributed by atoms with Crippen molar-refractivity contribution >= 4 is 39.3 Å². The number of aromatic nitrogens is 2. The summed E-state index contributed by atoms with van der Waals surface area (Å²) in [5.41, 5.74) is 6.99. The van der Waals surface area contributed by atoms with Crippen LogP contribution in [0.15, 0.2) is 15.3 Å². The number of benzene rings is 1. The summed E-state index contributed by atoms with van der Waals surface area (Å²) in [6.45, 7) is 3.60. The van der Waals surface area contributed by atoms with Crippen LogP contribution < -0.4 is 16.2 Å². The first-order chi connectivity index (χ1) is 13.0. The fraction of sp³-hybridized carbons (Fsp3) is 0.474. The molecule has 8 heteroatoms. The number of halogens is 2. The van der Waals surface area contributed by atoms with Gasteiger partial charge in [-0.15, -0.1) is 0 Å². The molecule has 3 aromatic rings. The number of hydrogen-bond donors (Lipinski definition) is 1. The molecule has 2 aliphatic rings. The fourth-order valence-electron chi connectivity index (χ4n) is 4.18. The highest BCUT2D eigenvalue weighted by Gasteiger charge is 2.33. The summed E-state index contributed by atoms with van der Waals surface area (Å²) < 4.78 is 22.5. The molecule has 1 atom stereocenters. The molecule has 1 aliphatic carbocycles. The summed E-state index contributed by atoms with van der Waals surface area (Å²) in [4.78, 5) is 19.2. The van der Waals surface area contributed by atoms with E-state index in [1.165, 1.54) is 6.07 Å². The van der Waals surface area contributed by atoms with Crippen molar-refractivity contribution in [2.24, 2.45) is 11.7 Å². The molecule has 1 unspecified atom stereocenters. The van der Waals surface area contributed by atoms with Crippen LogP contribution in [0.4, 0.5) is 10.1 Å². The summed E-state index contributed by atoms with van der Waals surface area (Å²) in [7, 11) is 0. The molecule has 0 bridgehead atoms. The number of nitrogens with two attached hydrogens (primary N) is 1. The second-order valence-corrected chi connectivity index (χ2v) is 7.95. The summed E-state index contributed by atoms with van der Waals surface area (Å²) in [6, 6.07) is 1.50.